The molecular weight excluding hydrogens is 404 g/mol. The summed E-state index contributed by atoms with van der Waals surface area (Å²) in [6.07, 6.45) is 4.49. The number of anilines is 3. The van der Waals surface area contributed by atoms with E-state index in [9.17, 15) is 5.11 Å². The highest BCUT2D eigenvalue weighted by Gasteiger charge is 2.12. The van der Waals surface area contributed by atoms with Crippen molar-refractivity contribution in [3.8, 4) is 11.5 Å². The highest BCUT2D eigenvalue weighted by molar-refractivity contribution is 6.32. The molecule has 0 atom stereocenters. The van der Waals surface area contributed by atoms with Gasteiger partial charge in [-0.05, 0) is 36.4 Å². The molecule has 0 radical (unpaired) electrons. The van der Waals surface area contributed by atoms with Crippen LogP contribution in [0.25, 0.3) is 11.0 Å². The van der Waals surface area contributed by atoms with Crippen molar-refractivity contribution in [3.63, 3.8) is 0 Å². The van der Waals surface area contributed by atoms with E-state index in [-0.39, 0.29) is 6.61 Å². The average molecular weight is 423 g/mol. The van der Waals surface area contributed by atoms with Crippen LogP contribution >= 0.6 is 11.6 Å². The first-order valence-electron chi connectivity index (χ1n) is 9.15. The van der Waals surface area contributed by atoms with E-state index in [0.29, 0.717) is 45.8 Å². The Morgan fingerprint density at radius 2 is 2.07 bits per heavy atom. The molecule has 9 heteroatoms. The minimum Gasteiger partial charge on any atom is -0.455 e. The number of benzene rings is 2. The van der Waals surface area contributed by atoms with Gasteiger partial charge in [-0.2, -0.15) is 0 Å². The van der Waals surface area contributed by atoms with Crippen LogP contribution in [0.4, 0.5) is 17.2 Å². The second kappa shape index (κ2) is 8.40. The highest BCUT2D eigenvalue weighted by Crippen LogP contribution is 2.35. The van der Waals surface area contributed by atoms with Crippen molar-refractivity contribution in [1.82, 2.24) is 14.5 Å². The van der Waals surface area contributed by atoms with E-state index in [1.54, 1.807) is 30.3 Å². The summed E-state index contributed by atoms with van der Waals surface area (Å²) < 4.78 is 7.76. The number of halogens is 1. The number of aliphatic hydroxyl groups excluding tert-OH is 1. The van der Waals surface area contributed by atoms with E-state index >= 15 is 0 Å². The molecule has 0 spiro atoms. The second-order valence-electron chi connectivity index (χ2n) is 6.46. The minimum absolute atomic E-state index is 0.0116. The lowest BCUT2D eigenvalue weighted by Gasteiger charge is -2.13. The second-order valence-corrected chi connectivity index (χ2v) is 6.87. The molecule has 0 aliphatic rings. The van der Waals surface area contributed by atoms with Crippen LogP contribution in [0, 0.1) is 5.41 Å². The summed E-state index contributed by atoms with van der Waals surface area (Å²) in [5.74, 6) is 1.49. The largest absolute Gasteiger partial charge is 0.455 e. The van der Waals surface area contributed by atoms with Gasteiger partial charge in [-0.15, -0.1) is 0 Å². The maximum absolute atomic E-state index is 9.29. The van der Waals surface area contributed by atoms with Crippen LogP contribution in [0.5, 0.6) is 11.5 Å². The number of ether oxygens (including phenoxy) is 1. The average Bonchev–Trinajstić information content (AvgIpc) is 3.14. The summed E-state index contributed by atoms with van der Waals surface area (Å²) in [4.78, 5) is 8.59. The fraction of sp³-hybridized carbons (Fsp3) is 0.0952. The number of hydrogen-bond acceptors (Lipinski definition) is 7. The summed E-state index contributed by atoms with van der Waals surface area (Å²) in [7, 11) is 0. The number of aliphatic hydroxyl groups is 1. The Hall–Kier alpha value is -3.62. The first-order valence-corrected chi connectivity index (χ1v) is 9.52. The van der Waals surface area contributed by atoms with Crippen molar-refractivity contribution in [2.45, 2.75) is 6.54 Å². The van der Waals surface area contributed by atoms with Gasteiger partial charge < -0.3 is 30.9 Å². The molecule has 0 aliphatic carbocycles. The number of aromatic nitrogens is 3. The van der Waals surface area contributed by atoms with Gasteiger partial charge in [-0.25, -0.2) is 9.97 Å². The van der Waals surface area contributed by atoms with Crippen LogP contribution in [0.2, 0.25) is 5.02 Å². The third kappa shape index (κ3) is 3.78. The summed E-state index contributed by atoms with van der Waals surface area (Å²) in [6.45, 7) is 0.451. The van der Waals surface area contributed by atoms with Crippen molar-refractivity contribution >= 4 is 46.0 Å². The first-order chi connectivity index (χ1) is 14.6. The summed E-state index contributed by atoms with van der Waals surface area (Å²) >= 11 is 6.43. The van der Waals surface area contributed by atoms with Gasteiger partial charge in [-0.1, -0.05) is 17.7 Å². The lowest BCUT2D eigenvalue weighted by Crippen LogP contribution is -2.04. The molecule has 0 aliphatic heterocycles. The number of nitrogen functional groups attached to an aromatic ring is 1. The van der Waals surface area contributed by atoms with Crippen LogP contribution in [0.3, 0.4) is 0 Å². The SMILES string of the molecule is N=Cc1c(N)cccc1Oc1ccc(Nc2ncnc3ccn(CCO)c23)cc1Cl. The maximum Gasteiger partial charge on any atom is 0.158 e. The quantitative estimate of drug-likeness (QED) is 0.261. The van der Waals surface area contributed by atoms with Gasteiger partial charge in [0.05, 0.1) is 22.7 Å². The molecular formula is C21H19ClN6O2. The zero-order valence-corrected chi connectivity index (χ0v) is 16.6. The van der Waals surface area contributed by atoms with Crippen molar-refractivity contribution in [3.05, 3.63) is 65.6 Å². The monoisotopic (exact) mass is 422 g/mol. The first kappa shape index (κ1) is 19.7. The van der Waals surface area contributed by atoms with E-state index < -0.39 is 0 Å². The Balaban J connectivity index is 1.62. The van der Waals surface area contributed by atoms with Crippen LogP contribution < -0.4 is 15.8 Å². The fourth-order valence-electron chi connectivity index (χ4n) is 3.14. The van der Waals surface area contributed by atoms with Crippen LogP contribution in [0.1, 0.15) is 5.56 Å². The minimum atomic E-state index is 0.0116. The molecule has 2 aromatic carbocycles. The molecule has 0 fully saturated rings. The molecule has 8 nitrogen and oxygen atoms in total. The Kier molecular flexibility index (Phi) is 5.51. The van der Waals surface area contributed by atoms with E-state index in [1.165, 1.54) is 6.33 Å². The maximum atomic E-state index is 9.29. The zero-order chi connectivity index (χ0) is 21.1. The predicted molar refractivity (Wildman–Crippen MR) is 118 cm³/mol. The molecule has 2 heterocycles. The van der Waals surface area contributed by atoms with Gasteiger partial charge in [0, 0.05) is 30.3 Å². The Labute approximate surface area is 177 Å². The molecule has 0 saturated heterocycles. The van der Waals surface area contributed by atoms with E-state index in [1.807, 2.05) is 22.9 Å². The number of fused-ring (bicyclic) bond motifs is 1. The van der Waals surface area contributed by atoms with Crippen LogP contribution in [-0.2, 0) is 6.54 Å². The Morgan fingerprint density at radius 1 is 1.20 bits per heavy atom. The molecule has 0 bridgehead atoms. The van der Waals surface area contributed by atoms with Crippen LogP contribution in [0.15, 0.2) is 55.0 Å². The summed E-state index contributed by atoms with van der Waals surface area (Å²) in [5.41, 5.74) is 9.12. The summed E-state index contributed by atoms with van der Waals surface area (Å²) in [6, 6.07) is 12.3. The standard InChI is InChI=1S/C21H19ClN6O2/c22-15-10-13(4-5-19(15)30-18-3-1-2-16(24)14(18)11-23)27-21-20-17(25-12-26-21)6-7-28(20)8-9-29/h1-7,10-12,23,29H,8-9,24H2,(H,25,26,27). The molecule has 0 amide bonds. The van der Waals surface area contributed by atoms with Gasteiger partial charge in [0.15, 0.2) is 5.82 Å². The number of nitrogens with zero attached hydrogens (tertiary/aromatic N) is 3. The third-order valence-corrected chi connectivity index (χ3v) is 4.85. The van der Waals surface area contributed by atoms with Crippen molar-refractivity contribution in [2.24, 2.45) is 0 Å². The van der Waals surface area contributed by atoms with Gasteiger partial charge in [0.25, 0.3) is 0 Å². The van der Waals surface area contributed by atoms with Crippen molar-refractivity contribution < 1.29 is 9.84 Å². The molecule has 0 saturated carbocycles. The smallest absolute Gasteiger partial charge is 0.158 e. The zero-order valence-electron chi connectivity index (χ0n) is 15.8. The van der Waals surface area contributed by atoms with Gasteiger partial charge >= 0.3 is 0 Å². The number of nitrogens with one attached hydrogen (secondary N) is 2. The Bertz CT molecular complexity index is 1220. The van der Waals surface area contributed by atoms with E-state index in [4.69, 9.17) is 27.5 Å². The molecule has 5 N–H and O–H groups in total. The van der Waals surface area contributed by atoms with Crippen molar-refractivity contribution in [1.29, 1.82) is 5.41 Å². The summed E-state index contributed by atoms with van der Waals surface area (Å²) in [5, 5.41) is 20.5. The number of hydrogen-bond donors (Lipinski definition) is 4. The van der Waals surface area contributed by atoms with E-state index in [0.717, 1.165) is 17.2 Å². The normalized spacial score (nSPS) is 10.9. The van der Waals surface area contributed by atoms with Crippen molar-refractivity contribution in [2.75, 3.05) is 17.7 Å². The molecule has 2 aromatic heterocycles. The molecule has 4 aromatic rings. The van der Waals surface area contributed by atoms with Crippen LogP contribution in [-0.4, -0.2) is 32.5 Å². The highest BCUT2D eigenvalue weighted by atomic mass is 35.5. The lowest BCUT2D eigenvalue weighted by molar-refractivity contribution is 0.278. The Morgan fingerprint density at radius 3 is 2.83 bits per heavy atom. The van der Waals surface area contributed by atoms with Gasteiger partial charge in [0.2, 0.25) is 0 Å². The fourth-order valence-corrected chi connectivity index (χ4v) is 3.36. The van der Waals surface area contributed by atoms with Gasteiger partial charge in [0.1, 0.15) is 23.3 Å². The molecule has 4 rings (SSSR count). The third-order valence-electron chi connectivity index (χ3n) is 4.55. The predicted octanol–water partition coefficient (Wildman–Crippen LogP) is 4.19. The lowest BCUT2D eigenvalue weighted by atomic mass is 10.2. The number of nitrogens with two attached hydrogens (primary N) is 1. The topological polar surface area (TPSA) is 122 Å². The van der Waals surface area contributed by atoms with E-state index in [2.05, 4.69) is 15.3 Å². The molecule has 30 heavy (non-hydrogen) atoms. The molecule has 0 unspecified atom stereocenters. The number of rotatable bonds is 7. The van der Waals surface area contributed by atoms with Gasteiger partial charge in [-0.3, -0.25) is 0 Å². The molecule has 152 valence electrons.